The number of aliphatic hydroxyl groups excluding tert-OH is 1. The first-order valence-corrected chi connectivity index (χ1v) is 16.7. The van der Waals surface area contributed by atoms with Gasteiger partial charge in [0.15, 0.2) is 5.65 Å². The van der Waals surface area contributed by atoms with E-state index in [0.29, 0.717) is 31.0 Å². The molecule has 6 rings (SSSR count). The van der Waals surface area contributed by atoms with Gasteiger partial charge in [-0.15, -0.1) is 0 Å². The number of halogens is 3. The molecule has 50 heavy (non-hydrogen) atoms. The quantitative estimate of drug-likeness (QED) is 0.229. The molecule has 0 unspecified atom stereocenters. The van der Waals surface area contributed by atoms with Gasteiger partial charge in [-0.25, -0.2) is 19.6 Å². The zero-order chi connectivity index (χ0) is 36.2. The largest absolute Gasteiger partial charge is 0.444 e. The van der Waals surface area contributed by atoms with Crippen LogP contribution in [0.5, 0.6) is 0 Å². The number of aliphatic hydroxyl groups is 1. The minimum atomic E-state index is -4.62. The Kier molecular flexibility index (Phi) is 9.12. The number of nitrogens with one attached hydrogen (secondary N) is 1. The number of amides is 2. The number of β-amino-alcohol motifs (C(OH)–C–C–N with tert-alkyl or cyclic N) is 1. The van der Waals surface area contributed by atoms with E-state index in [1.807, 2.05) is 0 Å². The lowest BCUT2D eigenvalue weighted by Gasteiger charge is -2.36. The van der Waals surface area contributed by atoms with E-state index in [2.05, 4.69) is 15.4 Å². The van der Waals surface area contributed by atoms with Crippen molar-refractivity contribution in [3.05, 3.63) is 53.6 Å². The highest BCUT2D eigenvalue weighted by Gasteiger charge is 2.36. The van der Waals surface area contributed by atoms with Crippen molar-refractivity contribution in [1.29, 1.82) is 0 Å². The first kappa shape index (κ1) is 35.2. The summed E-state index contributed by atoms with van der Waals surface area (Å²) in [5, 5.41) is 18.9. The van der Waals surface area contributed by atoms with Gasteiger partial charge in [0.05, 0.1) is 31.1 Å². The zero-order valence-electron chi connectivity index (χ0n) is 29.0. The van der Waals surface area contributed by atoms with Crippen LogP contribution in [-0.2, 0) is 22.2 Å². The Morgan fingerprint density at radius 2 is 1.76 bits per heavy atom. The molecule has 1 aliphatic carbocycles. The van der Waals surface area contributed by atoms with Gasteiger partial charge in [-0.2, -0.15) is 22.8 Å². The number of carbonyl (C=O) groups excluding carboxylic acids is 2. The van der Waals surface area contributed by atoms with Crippen molar-refractivity contribution >= 4 is 35.1 Å². The third kappa shape index (κ3) is 7.90. The highest BCUT2D eigenvalue weighted by Crippen LogP contribution is 2.42. The average Bonchev–Trinajstić information content (AvgIpc) is 3.61. The topological polar surface area (TPSA) is 139 Å². The number of pyridine rings is 1. The number of rotatable bonds is 7. The number of carbonyl (C=O) groups is 2. The van der Waals surface area contributed by atoms with Crippen LogP contribution < -0.4 is 10.2 Å². The second kappa shape index (κ2) is 12.9. The van der Waals surface area contributed by atoms with Crippen LogP contribution in [0.3, 0.4) is 0 Å². The molecule has 2 fully saturated rings. The summed E-state index contributed by atoms with van der Waals surface area (Å²) in [5.74, 6) is 0.716. The summed E-state index contributed by atoms with van der Waals surface area (Å²) in [6.45, 7) is 11.1. The van der Waals surface area contributed by atoms with Crippen LogP contribution in [0, 0.1) is 5.92 Å². The van der Waals surface area contributed by atoms with Crippen molar-refractivity contribution in [3.63, 3.8) is 0 Å². The van der Waals surface area contributed by atoms with Crippen molar-refractivity contribution < 1.29 is 37.3 Å². The summed E-state index contributed by atoms with van der Waals surface area (Å²) in [6, 6.07) is 5.34. The van der Waals surface area contributed by atoms with Gasteiger partial charge < -0.3 is 24.8 Å². The molecular weight excluding hydrogens is 657 g/mol. The number of alkyl halides is 3. The van der Waals surface area contributed by atoms with Gasteiger partial charge in [0.1, 0.15) is 34.2 Å². The van der Waals surface area contributed by atoms with Crippen LogP contribution in [0.15, 0.2) is 36.7 Å². The van der Waals surface area contributed by atoms with Crippen molar-refractivity contribution in [2.45, 2.75) is 96.7 Å². The average molecular weight is 701 g/mol. The Balaban J connectivity index is 1.32. The van der Waals surface area contributed by atoms with Crippen LogP contribution in [0.25, 0.3) is 11.3 Å². The number of aromatic nitrogens is 5. The van der Waals surface area contributed by atoms with E-state index in [1.54, 1.807) is 53.8 Å². The van der Waals surface area contributed by atoms with Gasteiger partial charge >= 0.3 is 18.4 Å². The molecule has 4 aromatic rings. The first-order valence-electron chi connectivity index (χ1n) is 16.7. The molecular formula is C34H43F3N8O5. The number of imidazole rings is 1. The summed E-state index contributed by atoms with van der Waals surface area (Å²) < 4.78 is 55.2. The van der Waals surface area contributed by atoms with Gasteiger partial charge in [-0.1, -0.05) is 6.07 Å². The van der Waals surface area contributed by atoms with Crippen LogP contribution in [0.1, 0.15) is 83.7 Å². The van der Waals surface area contributed by atoms with Crippen molar-refractivity contribution in [3.8, 4) is 0 Å². The Morgan fingerprint density at radius 1 is 1.04 bits per heavy atom. The van der Waals surface area contributed by atoms with Crippen LogP contribution in [0.2, 0.25) is 0 Å². The van der Waals surface area contributed by atoms with E-state index >= 15 is 0 Å². The molecule has 0 bridgehead atoms. The monoisotopic (exact) mass is 700 g/mol. The van der Waals surface area contributed by atoms with Gasteiger partial charge in [0, 0.05) is 36.8 Å². The molecule has 0 aromatic carbocycles. The molecule has 1 saturated heterocycles. The van der Waals surface area contributed by atoms with Crippen LogP contribution >= 0.6 is 0 Å². The molecule has 1 saturated carbocycles. The Bertz CT molecular complexity index is 1890. The number of anilines is 2. The fourth-order valence-electron chi connectivity index (χ4n) is 5.96. The number of nitrogens with zero attached hydrogens (tertiary/aromatic N) is 7. The maximum Gasteiger partial charge on any atom is 0.431 e. The minimum Gasteiger partial charge on any atom is -0.444 e. The second-order valence-corrected chi connectivity index (χ2v) is 15.0. The fourth-order valence-corrected chi connectivity index (χ4v) is 5.96. The van der Waals surface area contributed by atoms with Crippen molar-refractivity contribution in [2.24, 2.45) is 5.92 Å². The van der Waals surface area contributed by atoms with E-state index < -0.39 is 41.4 Å². The highest BCUT2D eigenvalue weighted by molar-refractivity contribution is 5.88. The minimum absolute atomic E-state index is 0.0765. The smallest absolute Gasteiger partial charge is 0.431 e. The number of likely N-dealkylation sites (tertiary alicyclic amines) is 1. The summed E-state index contributed by atoms with van der Waals surface area (Å²) >= 11 is 0. The van der Waals surface area contributed by atoms with Crippen LogP contribution in [0.4, 0.5) is 34.4 Å². The summed E-state index contributed by atoms with van der Waals surface area (Å²) in [4.78, 5) is 38.5. The third-order valence-corrected chi connectivity index (χ3v) is 8.46. The number of ether oxygens (including phenoxy) is 2. The Morgan fingerprint density at radius 3 is 2.40 bits per heavy atom. The molecule has 0 radical (unpaired) electrons. The van der Waals surface area contributed by atoms with E-state index in [9.17, 15) is 27.9 Å². The normalized spacial score (nSPS) is 18.8. The Hall–Kier alpha value is -4.60. The maximum atomic E-state index is 13.9. The molecule has 2 amide bonds. The van der Waals surface area contributed by atoms with E-state index in [0.717, 1.165) is 28.9 Å². The lowest BCUT2D eigenvalue weighted by Crippen LogP contribution is -2.49. The predicted molar refractivity (Wildman–Crippen MR) is 178 cm³/mol. The van der Waals surface area contributed by atoms with E-state index in [1.165, 1.54) is 32.6 Å². The predicted octanol–water partition coefficient (Wildman–Crippen LogP) is 6.24. The lowest BCUT2D eigenvalue weighted by atomic mass is 9.94. The summed E-state index contributed by atoms with van der Waals surface area (Å²) in [7, 11) is 0. The number of hydrogen-bond acceptors (Lipinski definition) is 9. The molecule has 2 aliphatic rings. The molecule has 5 heterocycles. The first-order chi connectivity index (χ1) is 23.4. The van der Waals surface area contributed by atoms with E-state index in [-0.39, 0.29) is 42.1 Å². The van der Waals surface area contributed by atoms with Crippen molar-refractivity contribution in [2.75, 3.05) is 29.9 Å². The summed E-state index contributed by atoms with van der Waals surface area (Å²) in [6.07, 6.45) is -1.23. The van der Waals surface area contributed by atoms with Gasteiger partial charge in [0.25, 0.3) is 0 Å². The molecule has 2 N–H and O–H groups in total. The SMILES string of the molecule is CC(C)(C)OC(=O)N1CC[C@H](CNc2cc(N(Cc3cn4c(C(F)(F)F)cccc4n3)C(=O)OC(C)(C)C)n3ncc(C4CC4)c3n2)[C@@H](O)C1. The van der Waals surface area contributed by atoms with E-state index in [4.69, 9.17) is 14.5 Å². The fraction of sp³-hybridized carbons (Fsp3) is 0.559. The van der Waals surface area contributed by atoms with Gasteiger partial charge in [0.2, 0.25) is 0 Å². The third-order valence-electron chi connectivity index (χ3n) is 8.46. The maximum absolute atomic E-state index is 13.9. The molecule has 16 heteroatoms. The lowest BCUT2D eigenvalue weighted by molar-refractivity contribution is -0.142. The molecule has 13 nitrogen and oxygen atoms in total. The number of hydrogen-bond donors (Lipinski definition) is 2. The zero-order valence-corrected chi connectivity index (χ0v) is 29.0. The number of fused-ring (bicyclic) bond motifs is 2. The molecule has 0 spiro atoms. The molecule has 2 atom stereocenters. The molecule has 4 aromatic heterocycles. The Labute approximate surface area is 287 Å². The molecule has 1 aliphatic heterocycles. The summed E-state index contributed by atoms with van der Waals surface area (Å²) in [5.41, 5.74) is -0.731. The second-order valence-electron chi connectivity index (χ2n) is 15.0. The van der Waals surface area contributed by atoms with Crippen molar-refractivity contribution in [1.82, 2.24) is 28.9 Å². The highest BCUT2D eigenvalue weighted by atomic mass is 19.4. The van der Waals surface area contributed by atoms with Crippen LogP contribution in [-0.4, -0.2) is 83.1 Å². The number of piperidine rings is 1. The standard InChI is InChI=1S/C34H43F3N8O5/c1-32(2,3)49-30(47)42-13-12-21(24(46)19-42)15-38-26-14-28(45-29(41-26)23(16-39-45)20-10-11-20)44(31(48)50-33(4,5)6)18-22-17-43-25(34(35,36)37)8-7-9-27(43)40-22/h7-9,14,16-17,20-21,24,46H,10-13,15,18-19H2,1-6H3,(H,38,41)/t21-,24+/m1/s1. The van der Waals surface area contributed by atoms with Gasteiger partial charge in [-0.3, -0.25) is 9.30 Å². The van der Waals surface area contributed by atoms with Gasteiger partial charge in [-0.05, 0) is 78.9 Å². The molecule has 270 valence electrons.